The molecule has 1 aromatic carbocycles. The Bertz CT molecular complexity index is 670. The van der Waals surface area contributed by atoms with Crippen LogP contribution in [0.2, 0.25) is 0 Å². The first-order valence-corrected chi connectivity index (χ1v) is 7.57. The molecule has 1 saturated carbocycles. The third-order valence-corrected chi connectivity index (χ3v) is 3.44. The summed E-state index contributed by atoms with van der Waals surface area (Å²) in [5.41, 5.74) is 0.197. The smallest absolute Gasteiger partial charge is 0.339 e. The van der Waals surface area contributed by atoms with Gasteiger partial charge in [-0.3, -0.25) is 14.9 Å². The van der Waals surface area contributed by atoms with E-state index in [0.717, 1.165) is 18.9 Å². The van der Waals surface area contributed by atoms with Crippen LogP contribution in [-0.4, -0.2) is 35.5 Å². The normalized spacial score (nSPS) is 14.4. The van der Waals surface area contributed by atoms with Crippen molar-refractivity contribution in [1.29, 1.82) is 0 Å². The van der Waals surface area contributed by atoms with Gasteiger partial charge in [-0.25, -0.2) is 4.79 Å². The lowest BCUT2D eigenvalue weighted by atomic mass is 10.1. The molecule has 0 aliphatic heterocycles. The number of anilines is 1. The van der Waals surface area contributed by atoms with Crippen molar-refractivity contribution in [2.24, 2.45) is 0 Å². The van der Waals surface area contributed by atoms with Gasteiger partial charge in [-0.2, -0.15) is 0 Å². The highest BCUT2D eigenvalue weighted by Crippen LogP contribution is 2.31. The average Bonchev–Trinajstić information content (AvgIpc) is 3.36. The SMILES string of the molecule is C=CCNC(=O)[C@@H](C)OC(=O)c1ccc(NC2CC2)c([N+](=O)[O-])c1. The molecule has 1 amide bonds. The second-order valence-corrected chi connectivity index (χ2v) is 5.49. The van der Waals surface area contributed by atoms with E-state index in [1.807, 2.05) is 0 Å². The molecule has 0 unspecified atom stereocenters. The second kappa shape index (κ2) is 7.58. The molecule has 24 heavy (non-hydrogen) atoms. The molecule has 128 valence electrons. The zero-order valence-electron chi connectivity index (χ0n) is 13.3. The molecule has 1 aromatic rings. The van der Waals surface area contributed by atoms with Crippen molar-refractivity contribution in [2.45, 2.75) is 31.9 Å². The van der Waals surface area contributed by atoms with Crippen LogP contribution in [0.1, 0.15) is 30.1 Å². The van der Waals surface area contributed by atoms with E-state index in [4.69, 9.17) is 4.74 Å². The van der Waals surface area contributed by atoms with Crippen LogP contribution >= 0.6 is 0 Å². The van der Waals surface area contributed by atoms with Crippen molar-refractivity contribution >= 4 is 23.3 Å². The Morgan fingerprint density at radius 3 is 2.79 bits per heavy atom. The molecule has 8 heteroatoms. The summed E-state index contributed by atoms with van der Waals surface area (Å²) in [6.07, 6.45) is 2.43. The number of hydrogen-bond acceptors (Lipinski definition) is 6. The van der Waals surface area contributed by atoms with E-state index < -0.39 is 22.9 Å². The number of benzene rings is 1. The first kappa shape index (κ1) is 17.5. The highest BCUT2D eigenvalue weighted by molar-refractivity contribution is 5.93. The number of nitrogens with one attached hydrogen (secondary N) is 2. The van der Waals surface area contributed by atoms with Gasteiger partial charge in [0.1, 0.15) is 5.69 Å². The number of ether oxygens (including phenoxy) is 1. The third kappa shape index (κ3) is 4.55. The van der Waals surface area contributed by atoms with Gasteiger partial charge in [-0.15, -0.1) is 6.58 Å². The third-order valence-electron chi connectivity index (χ3n) is 3.44. The molecule has 2 N–H and O–H groups in total. The monoisotopic (exact) mass is 333 g/mol. The maximum atomic E-state index is 12.1. The van der Waals surface area contributed by atoms with Gasteiger partial charge in [0.2, 0.25) is 0 Å². The summed E-state index contributed by atoms with van der Waals surface area (Å²) in [7, 11) is 0. The zero-order valence-corrected chi connectivity index (χ0v) is 13.3. The molecular formula is C16H19N3O5. The van der Waals surface area contributed by atoms with Crippen molar-refractivity contribution in [3.8, 4) is 0 Å². The number of nitro benzene ring substituents is 1. The summed E-state index contributed by atoms with van der Waals surface area (Å²) in [4.78, 5) is 34.4. The number of nitro groups is 1. The number of esters is 1. The molecule has 0 aromatic heterocycles. The minimum absolute atomic E-state index is 0.0198. The van der Waals surface area contributed by atoms with Crippen LogP contribution in [0.4, 0.5) is 11.4 Å². The Kier molecular flexibility index (Phi) is 5.51. The molecule has 8 nitrogen and oxygen atoms in total. The summed E-state index contributed by atoms with van der Waals surface area (Å²) in [6, 6.07) is 4.32. The first-order chi connectivity index (χ1) is 11.4. The lowest BCUT2D eigenvalue weighted by Crippen LogP contribution is -2.35. The Morgan fingerprint density at radius 1 is 1.50 bits per heavy atom. The van der Waals surface area contributed by atoms with Crippen molar-refractivity contribution in [3.05, 3.63) is 46.5 Å². The van der Waals surface area contributed by atoms with Gasteiger partial charge in [0.05, 0.1) is 10.5 Å². The summed E-state index contributed by atoms with van der Waals surface area (Å²) in [5.74, 6) is -1.26. The van der Waals surface area contributed by atoms with Crippen molar-refractivity contribution < 1.29 is 19.2 Å². The zero-order chi connectivity index (χ0) is 17.7. The number of amides is 1. The predicted molar refractivity (Wildman–Crippen MR) is 87.8 cm³/mol. The van der Waals surface area contributed by atoms with E-state index in [1.54, 1.807) is 0 Å². The minimum atomic E-state index is -1.01. The van der Waals surface area contributed by atoms with Gasteiger partial charge in [0.25, 0.3) is 11.6 Å². The maximum absolute atomic E-state index is 12.1. The summed E-state index contributed by atoms with van der Waals surface area (Å²) >= 11 is 0. The van der Waals surface area contributed by atoms with E-state index in [9.17, 15) is 19.7 Å². The molecule has 1 aliphatic rings. The van der Waals surface area contributed by atoms with Gasteiger partial charge in [-0.05, 0) is 31.9 Å². The highest BCUT2D eigenvalue weighted by Gasteiger charge is 2.26. The Balaban J connectivity index is 2.08. The average molecular weight is 333 g/mol. The standard InChI is InChI=1S/C16H19N3O5/c1-3-8-17-15(20)10(2)24-16(21)11-4-7-13(18-12-5-6-12)14(9-11)19(22)23/h3-4,7,9-10,12,18H,1,5-6,8H2,2H3,(H,17,20)/t10-/m1/s1. The number of nitrogens with zero attached hydrogens (tertiary/aromatic N) is 1. The van der Waals surface area contributed by atoms with Gasteiger partial charge in [0, 0.05) is 18.7 Å². The molecule has 0 spiro atoms. The van der Waals surface area contributed by atoms with Crippen LogP contribution in [0.25, 0.3) is 0 Å². The minimum Gasteiger partial charge on any atom is -0.449 e. The number of carbonyl (C=O) groups excluding carboxylic acids is 2. The van der Waals surface area contributed by atoms with Crippen molar-refractivity contribution in [3.63, 3.8) is 0 Å². The lowest BCUT2D eigenvalue weighted by molar-refractivity contribution is -0.384. The molecule has 0 radical (unpaired) electrons. The Morgan fingerprint density at radius 2 is 2.21 bits per heavy atom. The van der Waals surface area contributed by atoms with E-state index in [1.165, 1.54) is 25.1 Å². The van der Waals surface area contributed by atoms with Crippen molar-refractivity contribution in [1.82, 2.24) is 5.32 Å². The van der Waals surface area contributed by atoms with E-state index >= 15 is 0 Å². The maximum Gasteiger partial charge on any atom is 0.339 e. The van der Waals surface area contributed by atoms with Crippen LogP contribution in [0.5, 0.6) is 0 Å². The van der Waals surface area contributed by atoms with Crippen LogP contribution in [0.3, 0.4) is 0 Å². The Hall–Kier alpha value is -2.90. The quantitative estimate of drug-likeness (QED) is 0.326. The molecule has 1 atom stereocenters. The van der Waals surface area contributed by atoms with Gasteiger partial charge in [-0.1, -0.05) is 6.08 Å². The fourth-order valence-electron chi connectivity index (χ4n) is 1.98. The topological polar surface area (TPSA) is 111 Å². The van der Waals surface area contributed by atoms with Crippen molar-refractivity contribution in [2.75, 3.05) is 11.9 Å². The van der Waals surface area contributed by atoms with Crippen LogP contribution < -0.4 is 10.6 Å². The fourth-order valence-corrected chi connectivity index (χ4v) is 1.98. The highest BCUT2D eigenvalue weighted by atomic mass is 16.6. The molecular weight excluding hydrogens is 314 g/mol. The first-order valence-electron chi connectivity index (χ1n) is 7.57. The predicted octanol–water partition coefficient (Wildman–Crippen LogP) is 2.02. The van der Waals surface area contributed by atoms with E-state index in [0.29, 0.717) is 5.69 Å². The molecule has 0 heterocycles. The van der Waals surface area contributed by atoms with Gasteiger partial charge >= 0.3 is 5.97 Å². The summed E-state index contributed by atoms with van der Waals surface area (Å²) in [6.45, 7) is 5.15. The molecule has 1 aliphatic carbocycles. The second-order valence-electron chi connectivity index (χ2n) is 5.49. The number of hydrogen-bond donors (Lipinski definition) is 2. The summed E-state index contributed by atoms with van der Waals surface area (Å²) < 4.78 is 5.04. The summed E-state index contributed by atoms with van der Waals surface area (Å²) in [5, 5.41) is 16.7. The molecule has 0 bridgehead atoms. The number of rotatable bonds is 8. The van der Waals surface area contributed by atoms with Crippen LogP contribution in [0, 0.1) is 10.1 Å². The van der Waals surface area contributed by atoms with E-state index in [-0.39, 0.29) is 23.8 Å². The van der Waals surface area contributed by atoms with Crippen LogP contribution in [0.15, 0.2) is 30.9 Å². The largest absolute Gasteiger partial charge is 0.449 e. The molecule has 1 fully saturated rings. The van der Waals surface area contributed by atoms with Gasteiger partial charge < -0.3 is 15.4 Å². The van der Waals surface area contributed by atoms with E-state index in [2.05, 4.69) is 17.2 Å². The fraction of sp³-hybridized carbons (Fsp3) is 0.375. The molecule has 2 rings (SSSR count). The Labute approximate surface area is 139 Å². The van der Waals surface area contributed by atoms with Crippen LogP contribution in [-0.2, 0) is 9.53 Å². The van der Waals surface area contributed by atoms with Gasteiger partial charge in [0.15, 0.2) is 6.10 Å². The lowest BCUT2D eigenvalue weighted by Gasteiger charge is -2.13. The number of carbonyl (C=O) groups is 2. The molecule has 0 saturated heterocycles.